The van der Waals surface area contributed by atoms with Gasteiger partial charge in [-0.2, -0.15) is 0 Å². The van der Waals surface area contributed by atoms with Crippen molar-refractivity contribution in [2.45, 2.75) is 56.1 Å². The first kappa shape index (κ1) is 13.9. The van der Waals surface area contributed by atoms with E-state index in [1.165, 1.54) is 5.56 Å². The van der Waals surface area contributed by atoms with Crippen molar-refractivity contribution in [3.05, 3.63) is 29.8 Å². The summed E-state index contributed by atoms with van der Waals surface area (Å²) in [5, 5.41) is 10.7. The summed E-state index contributed by atoms with van der Waals surface area (Å²) in [4.78, 5) is 0. The minimum absolute atomic E-state index is 0.312. The van der Waals surface area contributed by atoms with Crippen LogP contribution in [0.15, 0.2) is 24.3 Å². The molecule has 2 atom stereocenters. The molecule has 20 heavy (non-hydrogen) atoms. The largest absolute Gasteiger partial charge is 0.493 e. The van der Waals surface area contributed by atoms with Crippen molar-refractivity contribution in [1.82, 2.24) is 0 Å². The molecule has 1 N–H and O–H groups in total. The van der Waals surface area contributed by atoms with E-state index in [9.17, 15) is 5.11 Å². The van der Waals surface area contributed by atoms with E-state index in [-0.39, 0.29) is 11.7 Å². The highest BCUT2D eigenvalue weighted by Gasteiger charge is 2.42. The van der Waals surface area contributed by atoms with Crippen molar-refractivity contribution in [2.24, 2.45) is 0 Å². The zero-order valence-electron chi connectivity index (χ0n) is 12.2. The van der Waals surface area contributed by atoms with Crippen LogP contribution in [0.4, 0.5) is 0 Å². The molecule has 3 rings (SSSR count). The van der Waals surface area contributed by atoms with Gasteiger partial charge in [0.1, 0.15) is 5.75 Å². The molecule has 0 spiro atoms. The molecule has 0 saturated heterocycles. The van der Waals surface area contributed by atoms with E-state index in [4.69, 9.17) is 9.47 Å². The molecule has 3 nitrogen and oxygen atoms in total. The Balaban J connectivity index is 1.75. The molecule has 1 fully saturated rings. The summed E-state index contributed by atoms with van der Waals surface area (Å²) in [6.45, 7) is 0.744. The monoisotopic (exact) mass is 276 g/mol. The van der Waals surface area contributed by atoms with Crippen LogP contribution in [0.1, 0.15) is 50.0 Å². The van der Waals surface area contributed by atoms with E-state index in [0.717, 1.165) is 50.9 Å². The molecule has 0 amide bonds. The Morgan fingerprint density at radius 3 is 2.85 bits per heavy atom. The fourth-order valence-corrected chi connectivity index (χ4v) is 3.79. The second kappa shape index (κ2) is 5.74. The van der Waals surface area contributed by atoms with Gasteiger partial charge in [-0.25, -0.2) is 0 Å². The van der Waals surface area contributed by atoms with Gasteiger partial charge in [0, 0.05) is 7.11 Å². The van der Waals surface area contributed by atoms with E-state index < -0.39 is 0 Å². The van der Waals surface area contributed by atoms with Crippen molar-refractivity contribution in [3.63, 3.8) is 0 Å². The third-order valence-corrected chi connectivity index (χ3v) is 5.05. The maximum absolute atomic E-state index is 10.7. The van der Waals surface area contributed by atoms with Crippen LogP contribution in [0.5, 0.6) is 5.75 Å². The Morgan fingerprint density at radius 2 is 2.10 bits per heavy atom. The normalized spacial score (nSPS) is 25.8. The average molecular weight is 276 g/mol. The average Bonchev–Trinajstić information content (AvgIpc) is 2.98. The number of methoxy groups -OCH3 is 1. The maximum Gasteiger partial charge on any atom is 0.122 e. The molecule has 2 unspecified atom stereocenters. The van der Waals surface area contributed by atoms with Crippen LogP contribution >= 0.6 is 0 Å². The highest BCUT2D eigenvalue weighted by molar-refractivity contribution is 5.37. The molecule has 0 radical (unpaired) electrons. The molecule has 3 heteroatoms. The SMILES string of the molecule is COC1(C(O)CC2CCOc3ccccc32)CCCC1. The summed E-state index contributed by atoms with van der Waals surface area (Å²) in [5.41, 5.74) is 0.926. The number of benzene rings is 1. The zero-order valence-corrected chi connectivity index (χ0v) is 12.2. The lowest BCUT2D eigenvalue weighted by Crippen LogP contribution is -2.42. The lowest BCUT2D eigenvalue weighted by atomic mass is 9.82. The number of hydrogen-bond acceptors (Lipinski definition) is 3. The standard InChI is InChI=1S/C17H24O3/c1-19-17(9-4-5-10-17)16(18)12-13-8-11-20-15-7-3-2-6-14(13)15/h2-3,6-7,13,16,18H,4-5,8-12H2,1H3. The van der Waals surface area contributed by atoms with Crippen molar-refractivity contribution in [2.75, 3.05) is 13.7 Å². The number of hydrogen-bond donors (Lipinski definition) is 1. The Hall–Kier alpha value is -1.06. The fraction of sp³-hybridized carbons (Fsp3) is 0.647. The van der Waals surface area contributed by atoms with Crippen LogP contribution in [-0.4, -0.2) is 30.5 Å². The van der Waals surface area contributed by atoms with Gasteiger partial charge >= 0.3 is 0 Å². The topological polar surface area (TPSA) is 38.7 Å². The van der Waals surface area contributed by atoms with Gasteiger partial charge in [0.15, 0.2) is 0 Å². The second-order valence-electron chi connectivity index (χ2n) is 6.10. The van der Waals surface area contributed by atoms with Gasteiger partial charge in [-0.3, -0.25) is 0 Å². The first-order valence-electron chi connectivity index (χ1n) is 7.70. The molecule has 1 heterocycles. The van der Waals surface area contributed by atoms with E-state index >= 15 is 0 Å². The Morgan fingerprint density at radius 1 is 1.35 bits per heavy atom. The summed E-state index contributed by atoms with van der Waals surface area (Å²) >= 11 is 0. The van der Waals surface area contributed by atoms with Crippen molar-refractivity contribution >= 4 is 0 Å². The van der Waals surface area contributed by atoms with E-state index in [0.29, 0.717) is 5.92 Å². The van der Waals surface area contributed by atoms with E-state index in [1.54, 1.807) is 7.11 Å². The van der Waals surface area contributed by atoms with Gasteiger partial charge in [0.2, 0.25) is 0 Å². The molecule has 1 aliphatic carbocycles. The smallest absolute Gasteiger partial charge is 0.122 e. The van der Waals surface area contributed by atoms with Gasteiger partial charge in [-0.1, -0.05) is 31.0 Å². The van der Waals surface area contributed by atoms with Crippen molar-refractivity contribution < 1.29 is 14.6 Å². The molecule has 1 saturated carbocycles. The number of rotatable bonds is 4. The molecule has 1 aliphatic heterocycles. The Kier molecular flexibility index (Phi) is 3.99. The van der Waals surface area contributed by atoms with Gasteiger partial charge in [0.05, 0.1) is 18.3 Å². The van der Waals surface area contributed by atoms with Crippen LogP contribution in [0.2, 0.25) is 0 Å². The maximum atomic E-state index is 10.7. The quantitative estimate of drug-likeness (QED) is 0.917. The minimum atomic E-state index is -0.383. The molecule has 0 bridgehead atoms. The highest BCUT2D eigenvalue weighted by Crippen LogP contribution is 2.42. The number of fused-ring (bicyclic) bond motifs is 1. The van der Waals surface area contributed by atoms with Crippen LogP contribution in [-0.2, 0) is 4.74 Å². The molecule has 1 aromatic carbocycles. The Bertz CT molecular complexity index is 451. The summed E-state index contributed by atoms with van der Waals surface area (Å²) in [6.07, 6.45) is 5.66. The summed E-state index contributed by atoms with van der Waals surface area (Å²) in [6, 6.07) is 8.20. The number of para-hydroxylation sites is 1. The van der Waals surface area contributed by atoms with Crippen LogP contribution in [0, 0.1) is 0 Å². The summed E-state index contributed by atoms with van der Waals surface area (Å²) in [5.74, 6) is 1.36. The van der Waals surface area contributed by atoms with Crippen molar-refractivity contribution in [1.29, 1.82) is 0 Å². The first-order chi connectivity index (χ1) is 9.75. The lowest BCUT2D eigenvalue weighted by Gasteiger charge is -2.36. The van der Waals surface area contributed by atoms with Gasteiger partial charge in [-0.05, 0) is 43.2 Å². The Labute approximate surface area is 120 Å². The molecule has 0 aromatic heterocycles. The predicted octanol–water partition coefficient (Wildman–Crippen LogP) is 3.26. The van der Waals surface area contributed by atoms with Gasteiger partial charge < -0.3 is 14.6 Å². The van der Waals surface area contributed by atoms with Crippen molar-refractivity contribution in [3.8, 4) is 5.75 Å². The van der Waals surface area contributed by atoms with Gasteiger partial charge in [-0.15, -0.1) is 0 Å². The predicted molar refractivity (Wildman–Crippen MR) is 78.1 cm³/mol. The van der Waals surface area contributed by atoms with Gasteiger partial charge in [0.25, 0.3) is 0 Å². The summed E-state index contributed by atoms with van der Waals surface area (Å²) in [7, 11) is 1.74. The molecule has 1 aromatic rings. The van der Waals surface area contributed by atoms with Crippen LogP contribution in [0.25, 0.3) is 0 Å². The number of ether oxygens (including phenoxy) is 2. The zero-order chi connectivity index (χ0) is 14.0. The number of aliphatic hydroxyl groups is 1. The van der Waals surface area contributed by atoms with Crippen LogP contribution in [0.3, 0.4) is 0 Å². The van der Waals surface area contributed by atoms with E-state index in [1.807, 2.05) is 12.1 Å². The molecule has 110 valence electrons. The minimum Gasteiger partial charge on any atom is -0.493 e. The molecular weight excluding hydrogens is 252 g/mol. The van der Waals surface area contributed by atoms with E-state index in [2.05, 4.69) is 12.1 Å². The third kappa shape index (κ3) is 2.45. The van der Waals surface area contributed by atoms with Crippen LogP contribution < -0.4 is 4.74 Å². The highest BCUT2D eigenvalue weighted by atomic mass is 16.5. The lowest BCUT2D eigenvalue weighted by molar-refractivity contribution is -0.103. The third-order valence-electron chi connectivity index (χ3n) is 5.05. The number of aliphatic hydroxyl groups excluding tert-OH is 1. The molecule has 2 aliphatic rings. The first-order valence-corrected chi connectivity index (χ1v) is 7.70. The molecular formula is C17H24O3. The second-order valence-corrected chi connectivity index (χ2v) is 6.10. The fourth-order valence-electron chi connectivity index (χ4n) is 3.79. The summed E-state index contributed by atoms with van der Waals surface area (Å²) < 4.78 is 11.4.